The molecule has 1 aromatic heterocycles. The first-order valence-corrected chi connectivity index (χ1v) is 15.1. The number of fused-ring (bicyclic) bond motifs is 1. The number of nitroso groups, excluding NO2 is 1. The first kappa shape index (κ1) is 34.8. The van der Waals surface area contributed by atoms with Crippen LogP contribution in [-0.2, 0) is 11.2 Å². The van der Waals surface area contributed by atoms with Crippen molar-refractivity contribution >= 4 is 22.5 Å². The van der Waals surface area contributed by atoms with Gasteiger partial charge in [-0.2, -0.15) is 0 Å². The van der Waals surface area contributed by atoms with Crippen LogP contribution in [0.4, 0.5) is 10.1 Å². The van der Waals surface area contributed by atoms with E-state index in [9.17, 15) is 14.1 Å². The zero-order valence-electron chi connectivity index (χ0n) is 26.9. The zero-order valence-corrected chi connectivity index (χ0v) is 26.9. The number of aryl methyl sites for hydroxylation is 1. The van der Waals surface area contributed by atoms with E-state index in [-0.39, 0.29) is 11.7 Å². The van der Waals surface area contributed by atoms with Crippen LogP contribution in [0.3, 0.4) is 0 Å². The van der Waals surface area contributed by atoms with E-state index in [2.05, 4.69) is 60.8 Å². The number of rotatable bonds is 11. The average Bonchev–Trinajstić information content (AvgIpc) is 3.82. The molecule has 0 unspecified atom stereocenters. The molecule has 0 saturated heterocycles. The van der Waals surface area contributed by atoms with Crippen LogP contribution in [0.1, 0.15) is 58.9 Å². The highest BCUT2D eigenvalue weighted by Gasteiger charge is 2.50. The Morgan fingerprint density at radius 1 is 0.956 bits per heavy atom. The van der Waals surface area contributed by atoms with Crippen LogP contribution in [0.5, 0.6) is 23.0 Å². The van der Waals surface area contributed by atoms with Gasteiger partial charge in [0.05, 0.1) is 25.0 Å². The standard InChI is InChI=1S/C21H23NO3.C10H10FN3O2.C4H10/c1-4-5-6-15-7-9-16(10-8-15)25-19-11-12-22-18-14-21(24-3)20(23-2)13-17(18)19;11-7-1-3-8(4-2-7)12-9(15)10(5-6-10)13-14-16;1-4(2)3/h7-14H,4-6H2,1-3H3;1-4H,5-6H2,(H,12,15)(H,13,16);4H,1-3H3. The fraction of sp³-hybridized carbons (Fsp3) is 0.371. The van der Waals surface area contributed by atoms with Gasteiger partial charge in [-0.1, -0.05) is 46.2 Å². The van der Waals surface area contributed by atoms with Crippen molar-refractivity contribution in [3.8, 4) is 23.0 Å². The van der Waals surface area contributed by atoms with Crippen molar-refractivity contribution in [3.05, 3.63) is 89.2 Å². The molecular weight excluding hydrogens is 575 g/mol. The van der Waals surface area contributed by atoms with Crippen LogP contribution >= 0.6 is 0 Å². The minimum atomic E-state index is -0.865. The van der Waals surface area contributed by atoms with Crippen molar-refractivity contribution in [2.45, 2.75) is 65.3 Å². The van der Waals surface area contributed by atoms with Crippen molar-refractivity contribution in [1.29, 1.82) is 0 Å². The maximum atomic E-state index is 12.6. The lowest BCUT2D eigenvalue weighted by Gasteiger charge is -2.12. The minimum absolute atomic E-state index is 0.321. The molecule has 0 aliphatic heterocycles. The highest BCUT2D eigenvalue weighted by atomic mass is 19.1. The number of aromatic nitrogens is 1. The summed E-state index contributed by atoms with van der Waals surface area (Å²) in [7, 11) is 3.24. The molecule has 1 saturated carbocycles. The maximum Gasteiger partial charge on any atom is 0.251 e. The Balaban J connectivity index is 0.000000236. The molecule has 1 fully saturated rings. The average molecular weight is 619 g/mol. The number of benzene rings is 3. The fourth-order valence-corrected chi connectivity index (χ4v) is 4.15. The molecule has 2 N–H and O–H groups in total. The van der Waals surface area contributed by atoms with E-state index in [0.717, 1.165) is 34.7 Å². The summed E-state index contributed by atoms with van der Waals surface area (Å²) in [5.74, 6) is 3.00. The first-order valence-electron chi connectivity index (χ1n) is 15.1. The van der Waals surface area contributed by atoms with E-state index in [4.69, 9.17) is 14.2 Å². The summed E-state index contributed by atoms with van der Waals surface area (Å²) >= 11 is 0. The van der Waals surface area contributed by atoms with Crippen LogP contribution in [0, 0.1) is 16.6 Å². The summed E-state index contributed by atoms with van der Waals surface area (Å²) in [5.41, 5.74) is 4.01. The lowest BCUT2D eigenvalue weighted by Crippen LogP contribution is -2.39. The van der Waals surface area contributed by atoms with Gasteiger partial charge in [0.1, 0.15) is 22.9 Å². The third-order valence-electron chi connectivity index (χ3n) is 6.72. The zero-order chi connectivity index (χ0) is 32.8. The smallest absolute Gasteiger partial charge is 0.251 e. The monoisotopic (exact) mass is 618 g/mol. The molecule has 0 radical (unpaired) electrons. The predicted molar refractivity (Wildman–Crippen MR) is 176 cm³/mol. The number of ether oxygens (including phenoxy) is 3. The number of anilines is 1. The number of unbranched alkanes of at least 4 members (excludes halogenated alkanes) is 1. The lowest BCUT2D eigenvalue weighted by molar-refractivity contribution is -0.119. The molecule has 5 rings (SSSR count). The predicted octanol–water partition coefficient (Wildman–Crippen LogP) is 8.62. The van der Waals surface area contributed by atoms with Gasteiger partial charge in [-0.15, -0.1) is 4.91 Å². The van der Waals surface area contributed by atoms with Crippen LogP contribution in [-0.4, -0.2) is 30.6 Å². The van der Waals surface area contributed by atoms with Gasteiger partial charge in [0.25, 0.3) is 5.91 Å². The number of amides is 1. The molecule has 4 aromatic rings. The number of pyridine rings is 1. The van der Waals surface area contributed by atoms with Crippen molar-refractivity contribution in [2.24, 2.45) is 11.2 Å². The molecular formula is C35H43FN4O5. The first-order chi connectivity index (χ1) is 21.6. The van der Waals surface area contributed by atoms with E-state index >= 15 is 0 Å². The second-order valence-electron chi connectivity index (χ2n) is 11.4. The van der Waals surface area contributed by atoms with E-state index in [0.29, 0.717) is 30.0 Å². The third kappa shape index (κ3) is 10.4. The molecule has 240 valence electrons. The number of hydrogen-bond acceptors (Lipinski definition) is 7. The number of nitrogens with one attached hydrogen (secondary N) is 2. The summed E-state index contributed by atoms with van der Waals surface area (Å²) in [6, 6.07) is 19.3. The summed E-state index contributed by atoms with van der Waals surface area (Å²) in [4.78, 5) is 26.2. The van der Waals surface area contributed by atoms with Gasteiger partial charge < -0.3 is 19.5 Å². The van der Waals surface area contributed by atoms with Crippen LogP contribution in [0.2, 0.25) is 0 Å². The minimum Gasteiger partial charge on any atom is -0.493 e. The Labute approximate surface area is 264 Å². The maximum absolute atomic E-state index is 12.6. The van der Waals surface area contributed by atoms with Crippen molar-refractivity contribution in [3.63, 3.8) is 0 Å². The number of carbonyl (C=O) groups is 1. The van der Waals surface area contributed by atoms with E-state index in [1.807, 2.05) is 30.3 Å². The van der Waals surface area contributed by atoms with E-state index in [1.54, 1.807) is 20.4 Å². The Morgan fingerprint density at radius 3 is 2.13 bits per heavy atom. The van der Waals surface area contributed by atoms with Crippen LogP contribution in [0.15, 0.2) is 78.2 Å². The van der Waals surface area contributed by atoms with Gasteiger partial charge >= 0.3 is 0 Å². The topological polar surface area (TPSA) is 111 Å². The summed E-state index contributed by atoms with van der Waals surface area (Å²) in [6.07, 6.45) is 6.39. The number of carbonyl (C=O) groups excluding carboxylic acids is 1. The van der Waals surface area contributed by atoms with Gasteiger partial charge in [-0.05, 0) is 85.7 Å². The molecule has 1 aliphatic carbocycles. The Bertz CT molecular complexity index is 1520. The Kier molecular flexibility index (Phi) is 13.1. The number of nitrogens with zero attached hydrogens (tertiary/aromatic N) is 2. The largest absolute Gasteiger partial charge is 0.493 e. The molecule has 9 nitrogen and oxygen atoms in total. The number of methoxy groups -OCH3 is 2. The van der Waals surface area contributed by atoms with Crippen molar-refractivity contribution in [1.82, 2.24) is 10.4 Å². The quantitative estimate of drug-likeness (QED) is 0.128. The second kappa shape index (κ2) is 16.9. The van der Waals surface area contributed by atoms with Gasteiger partial charge in [0.2, 0.25) is 0 Å². The van der Waals surface area contributed by atoms with Crippen molar-refractivity contribution in [2.75, 3.05) is 19.5 Å². The molecule has 0 spiro atoms. The summed E-state index contributed by atoms with van der Waals surface area (Å²) < 4.78 is 29.4. The summed E-state index contributed by atoms with van der Waals surface area (Å²) in [6.45, 7) is 8.70. The van der Waals surface area contributed by atoms with Crippen molar-refractivity contribution < 1.29 is 23.4 Å². The Morgan fingerprint density at radius 2 is 1.58 bits per heavy atom. The molecule has 0 bridgehead atoms. The molecule has 45 heavy (non-hydrogen) atoms. The molecule has 0 atom stereocenters. The molecule has 3 aromatic carbocycles. The lowest BCUT2D eigenvalue weighted by atomic mass is 10.1. The van der Waals surface area contributed by atoms with E-state index < -0.39 is 5.54 Å². The van der Waals surface area contributed by atoms with Gasteiger partial charge in [0, 0.05) is 23.3 Å². The normalized spacial score (nSPS) is 12.5. The molecule has 1 heterocycles. The molecule has 10 heteroatoms. The van der Waals surface area contributed by atoms with Gasteiger partial charge in [-0.3, -0.25) is 15.2 Å². The van der Waals surface area contributed by atoms with Gasteiger partial charge in [-0.25, -0.2) is 4.39 Å². The number of hydrogen-bond donors (Lipinski definition) is 2. The number of halogens is 1. The third-order valence-corrected chi connectivity index (χ3v) is 6.72. The highest BCUT2D eigenvalue weighted by Crippen LogP contribution is 2.37. The molecule has 1 aliphatic rings. The molecule has 1 amide bonds. The van der Waals surface area contributed by atoms with Crippen LogP contribution in [0.25, 0.3) is 10.9 Å². The second-order valence-corrected chi connectivity index (χ2v) is 11.4. The van der Waals surface area contributed by atoms with Gasteiger partial charge in [0.15, 0.2) is 11.5 Å². The highest BCUT2D eigenvalue weighted by molar-refractivity contribution is 6.00. The van der Waals surface area contributed by atoms with Crippen LogP contribution < -0.4 is 25.0 Å². The SMILES string of the molecule is CC(C)C.CCCCc1ccc(Oc2ccnc3cc(OC)c(OC)cc23)cc1.O=NNC1(C(=O)Nc2ccc(F)cc2)CC1. The Hall–Kier alpha value is -4.73. The summed E-state index contributed by atoms with van der Waals surface area (Å²) in [5, 5.41) is 6.00. The fourth-order valence-electron chi connectivity index (χ4n) is 4.15. The van der Waals surface area contributed by atoms with E-state index in [1.165, 1.54) is 42.7 Å².